The third kappa shape index (κ3) is 6.56. The van der Waals surface area contributed by atoms with Gasteiger partial charge in [-0.25, -0.2) is 0 Å². The number of hydrogen-bond acceptors (Lipinski definition) is 4. The number of nitrogens with zero attached hydrogens (tertiary/aromatic N) is 1. The highest BCUT2D eigenvalue weighted by Gasteiger charge is 2.11. The summed E-state index contributed by atoms with van der Waals surface area (Å²) in [6.07, 6.45) is 0. The topological polar surface area (TPSA) is 105 Å². The molecule has 3 amide bonds. The minimum atomic E-state index is -0.460. The second-order valence-electron chi connectivity index (χ2n) is 6.17. The number of primary amides is 1. The van der Waals surface area contributed by atoms with Crippen LogP contribution in [0.3, 0.4) is 0 Å². The zero-order valence-electron chi connectivity index (χ0n) is 15.5. The van der Waals surface area contributed by atoms with Crippen LogP contribution in [0.2, 0.25) is 0 Å². The summed E-state index contributed by atoms with van der Waals surface area (Å²) < 4.78 is 0. The number of likely N-dealkylation sites (N-methyl/N-ethyl adjacent to an activating group) is 1. The molecular weight excluding hydrogens is 344 g/mol. The summed E-state index contributed by atoms with van der Waals surface area (Å²) in [6, 6.07) is 14.0. The molecule has 0 aliphatic heterocycles. The molecule has 4 N–H and O–H groups in total. The summed E-state index contributed by atoms with van der Waals surface area (Å²) in [6.45, 7) is 4.95. The van der Waals surface area contributed by atoms with Crippen molar-refractivity contribution in [1.82, 2.24) is 4.90 Å². The maximum Gasteiger partial charge on any atom is 0.248 e. The van der Waals surface area contributed by atoms with Crippen LogP contribution in [0.5, 0.6) is 0 Å². The molecule has 2 aromatic carbocycles. The minimum absolute atomic E-state index is 0.127. The highest BCUT2D eigenvalue weighted by atomic mass is 16.2. The highest BCUT2D eigenvalue weighted by Crippen LogP contribution is 2.14. The monoisotopic (exact) mass is 368 g/mol. The zero-order valence-corrected chi connectivity index (χ0v) is 15.5. The number of anilines is 2. The number of carbonyl (C=O) groups is 3. The summed E-state index contributed by atoms with van der Waals surface area (Å²) >= 11 is 0. The summed E-state index contributed by atoms with van der Waals surface area (Å²) in [5.41, 5.74) is 8.03. The van der Waals surface area contributed by atoms with Gasteiger partial charge in [-0.15, -0.1) is 0 Å². The predicted octanol–water partition coefficient (Wildman–Crippen LogP) is 2.20. The van der Waals surface area contributed by atoms with Crippen molar-refractivity contribution in [2.75, 3.05) is 23.7 Å². The quantitative estimate of drug-likeness (QED) is 0.664. The van der Waals surface area contributed by atoms with Crippen LogP contribution in [-0.2, 0) is 16.1 Å². The molecule has 7 heteroatoms. The van der Waals surface area contributed by atoms with Gasteiger partial charge in [-0.2, -0.15) is 0 Å². The molecule has 7 nitrogen and oxygen atoms in total. The largest absolute Gasteiger partial charge is 0.366 e. The van der Waals surface area contributed by atoms with Gasteiger partial charge in [0, 0.05) is 30.4 Å². The molecule has 0 aliphatic rings. The maximum absolute atomic E-state index is 12.3. The first-order valence-electron chi connectivity index (χ1n) is 8.66. The number of rotatable bonds is 8. The fourth-order valence-electron chi connectivity index (χ4n) is 2.56. The van der Waals surface area contributed by atoms with Gasteiger partial charge >= 0.3 is 0 Å². The van der Waals surface area contributed by atoms with E-state index in [9.17, 15) is 14.4 Å². The van der Waals surface area contributed by atoms with Crippen LogP contribution < -0.4 is 16.4 Å². The lowest BCUT2D eigenvalue weighted by molar-refractivity contribution is -0.117. The molecule has 0 atom stereocenters. The third-order valence-corrected chi connectivity index (χ3v) is 3.95. The smallest absolute Gasteiger partial charge is 0.248 e. The van der Waals surface area contributed by atoms with Gasteiger partial charge in [-0.1, -0.05) is 19.1 Å². The molecule has 0 spiro atoms. The van der Waals surface area contributed by atoms with Gasteiger partial charge in [0.1, 0.15) is 0 Å². The standard InChI is InChI=1S/C20H24N4O3/c1-3-24(12-15-4-6-16(7-5-15)20(21)27)13-19(26)23-18-10-8-17(9-11-18)22-14(2)25/h4-11H,3,12-13H2,1-2H3,(H2,21,27)(H,22,25)(H,23,26). The molecule has 142 valence electrons. The Bertz CT molecular complexity index is 801. The molecule has 0 aliphatic carbocycles. The minimum Gasteiger partial charge on any atom is -0.366 e. The number of benzene rings is 2. The fourth-order valence-corrected chi connectivity index (χ4v) is 2.56. The Labute approximate surface area is 158 Å². The van der Waals surface area contributed by atoms with Crippen molar-refractivity contribution >= 4 is 29.1 Å². The Balaban J connectivity index is 1.90. The molecule has 2 rings (SSSR count). The van der Waals surface area contributed by atoms with E-state index in [1.54, 1.807) is 36.4 Å². The third-order valence-electron chi connectivity index (χ3n) is 3.95. The first-order chi connectivity index (χ1) is 12.9. The van der Waals surface area contributed by atoms with E-state index >= 15 is 0 Å². The van der Waals surface area contributed by atoms with Gasteiger partial charge in [-0.05, 0) is 48.5 Å². The molecule has 0 radical (unpaired) electrons. The second kappa shape index (κ2) is 9.49. The molecule has 0 fully saturated rings. The van der Waals surface area contributed by atoms with Crippen LogP contribution in [0.1, 0.15) is 29.8 Å². The lowest BCUT2D eigenvalue weighted by Gasteiger charge is -2.20. The number of amides is 3. The molecule has 0 heterocycles. The highest BCUT2D eigenvalue weighted by molar-refractivity contribution is 5.93. The zero-order chi connectivity index (χ0) is 19.8. The fraction of sp³-hybridized carbons (Fsp3) is 0.250. The molecule has 0 saturated carbocycles. The van der Waals surface area contributed by atoms with Crippen molar-refractivity contribution in [3.8, 4) is 0 Å². The van der Waals surface area contributed by atoms with Crippen LogP contribution in [0.15, 0.2) is 48.5 Å². The van der Waals surface area contributed by atoms with E-state index in [0.717, 1.165) is 5.56 Å². The van der Waals surface area contributed by atoms with E-state index in [-0.39, 0.29) is 18.4 Å². The van der Waals surface area contributed by atoms with Crippen LogP contribution in [0, 0.1) is 0 Å². The Morgan fingerprint density at radius 3 is 1.96 bits per heavy atom. The second-order valence-corrected chi connectivity index (χ2v) is 6.17. The van der Waals surface area contributed by atoms with E-state index in [4.69, 9.17) is 5.73 Å². The Hall–Kier alpha value is -3.19. The lowest BCUT2D eigenvalue weighted by atomic mass is 10.1. The van der Waals surface area contributed by atoms with Crippen LogP contribution in [-0.4, -0.2) is 35.7 Å². The summed E-state index contributed by atoms with van der Waals surface area (Å²) in [4.78, 5) is 36.4. The van der Waals surface area contributed by atoms with Gasteiger partial charge in [-0.3, -0.25) is 19.3 Å². The molecule has 27 heavy (non-hydrogen) atoms. The Morgan fingerprint density at radius 1 is 0.926 bits per heavy atom. The molecule has 0 bridgehead atoms. The maximum atomic E-state index is 12.3. The molecule has 2 aromatic rings. The van der Waals surface area contributed by atoms with Crippen LogP contribution in [0.25, 0.3) is 0 Å². The summed E-state index contributed by atoms with van der Waals surface area (Å²) in [7, 11) is 0. The number of nitrogens with two attached hydrogens (primary N) is 1. The van der Waals surface area contributed by atoms with E-state index in [0.29, 0.717) is 30.0 Å². The summed E-state index contributed by atoms with van der Waals surface area (Å²) in [5.74, 6) is -0.732. The number of carbonyl (C=O) groups excluding carboxylic acids is 3. The Kier molecular flexibility index (Phi) is 7.08. The van der Waals surface area contributed by atoms with Gasteiger partial charge in [0.05, 0.1) is 6.54 Å². The molecular formula is C20H24N4O3. The van der Waals surface area contributed by atoms with Crippen LogP contribution >= 0.6 is 0 Å². The first-order valence-corrected chi connectivity index (χ1v) is 8.66. The van der Waals surface area contributed by atoms with E-state index < -0.39 is 5.91 Å². The summed E-state index contributed by atoms with van der Waals surface area (Å²) in [5, 5.41) is 5.52. The average Bonchev–Trinajstić information content (AvgIpc) is 2.62. The van der Waals surface area contributed by atoms with Crippen molar-refractivity contribution in [2.45, 2.75) is 20.4 Å². The predicted molar refractivity (Wildman–Crippen MR) is 105 cm³/mol. The molecule has 0 saturated heterocycles. The Morgan fingerprint density at radius 2 is 1.48 bits per heavy atom. The van der Waals surface area contributed by atoms with E-state index in [2.05, 4.69) is 10.6 Å². The van der Waals surface area contributed by atoms with Crippen LogP contribution in [0.4, 0.5) is 11.4 Å². The van der Waals surface area contributed by atoms with Crippen molar-refractivity contribution in [3.05, 3.63) is 59.7 Å². The van der Waals surface area contributed by atoms with Crippen molar-refractivity contribution in [2.24, 2.45) is 5.73 Å². The number of nitrogens with one attached hydrogen (secondary N) is 2. The van der Waals surface area contributed by atoms with E-state index in [1.165, 1.54) is 6.92 Å². The van der Waals surface area contributed by atoms with Gasteiger partial charge in [0.15, 0.2) is 0 Å². The average molecular weight is 368 g/mol. The normalized spacial score (nSPS) is 10.5. The van der Waals surface area contributed by atoms with Crippen molar-refractivity contribution in [1.29, 1.82) is 0 Å². The van der Waals surface area contributed by atoms with Gasteiger partial charge < -0.3 is 16.4 Å². The van der Waals surface area contributed by atoms with Gasteiger partial charge in [0.2, 0.25) is 17.7 Å². The SMILES string of the molecule is CCN(CC(=O)Nc1ccc(NC(C)=O)cc1)Cc1ccc(C(N)=O)cc1. The lowest BCUT2D eigenvalue weighted by Crippen LogP contribution is -2.32. The molecule has 0 unspecified atom stereocenters. The van der Waals surface area contributed by atoms with Gasteiger partial charge in [0.25, 0.3) is 0 Å². The molecule has 0 aromatic heterocycles. The van der Waals surface area contributed by atoms with E-state index in [1.807, 2.05) is 24.0 Å². The van der Waals surface area contributed by atoms with Crippen molar-refractivity contribution in [3.63, 3.8) is 0 Å². The first kappa shape index (κ1) is 20.1. The number of hydrogen-bond donors (Lipinski definition) is 3. The van der Waals surface area contributed by atoms with Crippen molar-refractivity contribution < 1.29 is 14.4 Å².